The van der Waals surface area contributed by atoms with E-state index in [1.165, 1.54) is 0 Å². The summed E-state index contributed by atoms with van der Waals surface area (Å²) in [5.41, 5.74) is 2.37. The van der Waals surface area contributed by atoms with E-state index in [1.54, 1.807) is 56.7 Å². The predicted octanol–water partition coefficient (Wildman–Crippen LogP) is 4.58. The summed E-state index contributed by atoms with van der Waals surface area (Å²) in [6, 6.07) is 19.9. The van der Waals surface area contributed by atoms with Crippen molar-refractivity contribution in [3.05, 3.63) is 83.4 Å². The van der Waals surface area contributed by atoms with Crippen LogP contribution in [0.5, 0.6) is 17.2 Å². The van der Waals surface area contributed by atoms with Gasteiger partial charge in [-0.1, -0.05) is 35.9 Å². The first kappa shape index (κ1) is 21.6. The quantitative estimate of drug-likeness (QED) is 0.471. The van der Waals surface area contributed by atoms with E-state index in [4.69, 9.17) is 14.2 Å². The van der Waals surface area contributed by atoms with Gasteiger partial charge in [-0.2, -0.15) is 0 Å². The summed E-state index contributed by atoms with van der Waals surface area (Å²) >= 11 is 0. The molecule has 0 N–H and O–H groups in total. The van der Waals surface area contributed by atoms with Gasteiger partial charge in [-0.3, -0.25) is 9.00 Å². The topological polar surface area (TPSA) is 61.8 Å². The van der Waals surface area contributed by atoms with Crippen molar-refractivity contribution in [3.8, 4) is 17.2 Å². The van der Waals surface area contributed by atoms with Crippen molar-refractivity contribution in [2.45, 2.75) is 18.4 Å². The molecule has 156 valence electrons. The lowest BCUT2D eigenvalue weighted by molar-refractivity contribution is 0.101. The second-order valence-electron chi connectivity index (χ2n) is 6.70. The van der Waals surface area contributed by atoms with E-state index in [2.05, 4.69) is 0 Å². The fourth-order valence-corrected chi connectivity index (χ4v) is 3.92. The van der Waals surface area contributed by atoms with Crippen molar-refractivity contribution in [2.75, 3.05) is 20.0 Å². The molecule has 30 heavy (non-hydrogen) atoms. The summed E-state index contributed by atoms with van der Waals surface area (Å²) in [7, 11) is 1.74. The molecular weight excluding hydrogens is 400 g/mol. The van der Waals surface area contributed by atoms with E-state index in [1.807, 2.05) is 31.2 Å². The number of carbonyl (C=O) groups is 1. The number of aryl methyl sites for hydroxylation is 1. The molecule has 0 bridgehead atoms. The zero-order chi connectivity index (χ0) is 21.5. The number of hydrogen-bond acceptors (Lipinski definition) is 5. The Morgan fingerprint density at radius 2 is 1.57 bits per heavy atom. The second-order valence-corrected chi connectivity index (χ2v) is 8.15. The summed E-state index contributed by atoms with van der Waals surface area (Å²) in [6.45, 7) is 2.22. The number of methoxy groups -OCH3 is 2. The molecule has 0 fully saturated rings. The maximum Gasteiger partial charge on any atom is 0.179 e. The first-order valence-electron chi connectivity index (χ1n) is 9.42. The lowest BCUT2D eigenvalue weighted by Gasteiger charge is -2.13. The minimum absolute atomic E-state index is 0.0974. The van der Waals surface area contributed by atoms with E-state index in [-0.39, 0.29) is 18.1 Å². The number of carbonyl (C=O) groups excluding carboxylic acids is 1. The summed E-state index contributed by atoms with van der Waals surface area (Å²) < 4.78 is 29.0. The number of Topliss-reactive ketones (excluding diaryl/α,β-unsaturated/α-hetero) is 1. The van der Waals surface area contributed by atoms with Crippen molar-refractivity contribution < 1.29 is 23.2 Å². The van der Waals surface area contributed by atoms with E-state index < -0.39 is 10.8 Å². The van der Waals surface area contributed by atoms with Gasteiger partial charge in [0.05, 0.1) is 36.3 Å². The van der Waals surface area contributed by atoms with Crippen LogP contribution in [0.1, 0.15) is 21.5 Å². The molecule has 0 saturated heterocycles. The van der Waals surface area contributed by atoms with Gasteiger partial charge in [-0.05, 0) is 48.9 Å². The van der Waals surface area contributed by atoms with E-state index >= 15 is 0 Å². The van der Waals surface area contributed by atoms with E-state index in [0.717, 1.165) is 11.1 Å². The third-order valence-corrected chi connectivity index (χ3v) is 5.90. The van der Waals surface area contributed by atoms with Crippen LogP contribution in [0.2, 0.25) is 0 Å². The molecular formula is C24H24O5S. The maximum atomic E-state index is 12.8. The third kappa shape index (κ3) is 5.27. The van der Waals surface area contributed by atoms with Gasteiger partial charge >= 0.3 is 0 Å². The van der Waals surface area contributed by atoms with Gasteiger partial charge in [0.15, 0.2) is 17.3 Å². The summed E-state index contributed by atoms with van der Waals surface area (Å²) in [5, 5.41) is 0. The molecule has 6 heteroatoms. The molecule has 0 spiro atoms. The van der Waals surface area contributed by atoms with Crippen LogP contribution in [0, 0.1) is 6.92 Å². The van der Waals surface area contributed by atoms with Gasteiger partial charge in [0.25, 0.3) is 0 Å². The molecule has 3 aromatic rings. The van der Waals surface area contributed by atoms with Gasteiger partial charge in [0.1, 0.15) is 12.4 Å². The molecule has 3 rings (SSSR count). The molecule has 0 aliphatic heterocycles. The van der Waals surface area contributed by atoms with Crippen LogP contribution >= 0.6 is 0 Å². The van der Waals surface area contributed by atoms with Crippen molar-refractivity contribution >= 4 is 16.6 Å². The average molecular weight is 425 g/mol. The van der Waals surface area contributed by atoms with Crippen LogP contribution in [0.3, 0.4) is 0 Å². The SMILES string of the molecule is COc1ccc(COc2ccccc2C(=O)CS(=O)c2ccc(C)cc2)cc1OC. The molecule has 0 heterocycles. The lowest BCUT2D eigenvalue weighted by atomic mass is 10.1. The maximum absolute atomic E-state index is 12.8. The Kier molecular flexibility index (Phi) is 7.25. The van der Waals surface area contributed by atoms with Crippen LogP contribution in [-0.4, -0.2) is 30.0 Å². The highest BCUT2D eigenvalue weighted by Gasteiger charge is 2.17. The van der Waals surface area contributed by atoms with Gasteiger partial charge in [0.2, 0.25) is 0 Å². The highest BCUT2D eigenvalue weighted by Crippen LogP contribution is 2.28. The molecule has 0 saturated carbocycles. The Labute approximate surface area is 179 Å². The van der Waals surface area contributed by atoms with Crippen molar-refractivity contribution in [2.24, 2.45) is 0 Å². The van der Waals surface area contributed by atoms with Crippen molar-refractivity contribution in [1.82, 2.24) is 0 Å². The Hall–Kier alpha value is -3.12. The van der Waals surface area contributed by atoms with Crippen LogP contribution in [0.15, 0.2) is 71.6 Å². The normalized spacial score (nSPS) is 11.6. The Balaban J connectivity index is 1.71. The first-order valence-corrected chi connectivity index (χ1v) is 10.7. The van der Waals surface area contributed by atoms with Gasteiger partial charge in [0, 0.05) is 4.90 Å². The zero-order valence-corrected chi connectivity index (χ0v) is 18.0. The fourth-order valence-electron chi connectivity index (χ4n) is 2.92. The number of para-hydroxylation sites is 1. The standard InChI is InChI=1S/C24H24O5S/c1-17-8-11-19(12-9-17)30(26)16-21(25)20-6-4-5-7-22(20)29-15-18-10-13-23(27-2)24(14-18)28-3/h4-14H,15-16H2,1-3H3. The molecule has 0 radical (unpaired) electrons. The van der Waals surface area contributed by atoms with Gasteiger partial charge in [-0.25, -0.2) is 0 Å². The van der Waals surface area contributed by atoms with Gasteiger partial charge in [-0.15, -0.1) is 0 Å². The highest BCUT2D eigenvalue weighted by atomic mass is 32.2. The second kappa shape index (κ2) is 10.1. The summed E-state index contributed by atoms with van der Waals surface area (Å²) in [6.07, 6.45) is 0. The molecule has 5 nitrogen and oxygen atoms in total. The van der Waals surface area contributed by atoms with Crippen molar-refractivity contribution in [3.63, 3.8) is 0 Å². The average Bonchev–Trinajstić information content (AvgIpc) is 2.78. The Morgan fingerprint density at radius 3 is 2.27 bits per heavy atom. The third-order valence-electron chi connectivity index (χ3n) is 4.58. The fraction of sp³-hybridized carbons (Fsp3) is 0.208. The smallest absolute Gasteiger partial charge is 0.179 e. The van der Waals surface area contributed by atoms with Crippen LogP contribution < -0.4 is 14.2 Å². The summed E-state index contributed by atoms with van der Waals surface area (Å²) in [5.74, 6) is 1.38. The monoisotopic (exact) mass is 424 g/mol. The minimum atomic E-state index is -1.41. The highest BCUT2D eigenvalue weighted by molar-refractivity contribution is 7.85. The Bertz CT molecular complexity index is 1040. The number of benzene rings is 3. The number of ketones is 1. The zero-order valence-electron chi connectivity index (χ0n) is 17.2. The van der Waals surface area contributed by atoms with Gasteiger partial charge < -0.3 is 14.2 Å². The number of ether oxygens (including phenoxy) is 3. The molecule has 0 aliphatic carbocycles. The van der Waals surface area contributed by atoms with Crippen LogP contribution in [0.4, 0.5) is 0 Å². The minimum Gasteiger partial charge on any atom is -0.493 e. The molecule has 0 aliphatic rings. The number of rotatable bonds is 9. The lowest BCUT2D eigenvalue weighted by Crippen LogP contribution is -2.13. The molecule has 3 aromatic carbocycles. The predicted molar refractivity (Wildman–Crippen MR) is 117 cm³/mol. The number of hydrogen-bond donors (Lipinski definition) is 0. The summed E-state index contributed by atoms with van der Waals surface area (Å²) in [4.78, 5) is 13.4. The Morgan fingerprint density at radius 1 is 0.867 bits per heavy atom. The first-order chi connectivity index (χ1) is 14.5. The van der Waals surface area contributed by atoms with Crippen LogP contribution in [0.25, 0.3) is 0 Å². The van der Waals surface area contributed by atoms with Crippen LogP contribution in [-0.2, 0) is 17.4 Å². The molecule has 0 aromatic heterocycles. The van der Waals surface area contributed by atoms with E-state index in [9.17, 15) is 9.00 Å². The van der Waals surface area contributed by atoms with E-state index in [0.29, 0.717) is 27.7 Å². The molecule has 1 unspecified atom stereocenters. The molecule has 1 atom stereocenters. The van der Waals surface area contributed by atoms with Crippen molar-refractivity contribution in [1.29, 1.82) is 0 Å². The largest absolute Gasteiger partial charge is 0.493 e. The molecule has 0 amide bonds.